The van der Waals surface area contributed by atoms with Gasteiger partial charge in [0.15, 0.2) is 0 Å². The summed E-state index contributed by atoms with van der Waals surface area (Å²) in [5.74, 6) is -7.37. The number of fused-ring (bicyclic) bond motifs is 6. The summed E-state index contributed by atoms with van der Waals surface area (Å²) in [5, 5.41) is 19.8. The Balaban J connectivity index is 0.000000227. The lowest BCUT2D eigenvalue weighted by atomic mass is 9.91. The number of imide groups is 1. The van der Waals surface area contributed by atoms with Crippen molar-refractivity contribution in [2.45, 2.75) is 91.1 Å². The number of nitrogens with zero attached hydrogens (tertiary/aromatic N) is 1. The van der Waals surface area contributed by atoms with E-state index in [0.29, 0.717) is 5.06 Å². The van der Waals surface area contributed by atoms with Gasteiger partial charge in [0.1, 0.15) is 25.3 Å². The zero-order valence-corrected chi connectivity index (χ0v) is 39.0. The predicted molar refractivity (Wildman–Crippen MR) is 249 cm³/mol. The number of nitrogens with one attached hydrogen (secondary N) is 1. The molecule has 5 N–H and O–H groups in total. The van der Waals surface area contributed by atoms with Gasteiger partial charge in [0.2, 0.25) is 5.91 Å². The summed E-state index contributed by atoms with van der Waals surface area (Å²) in [7, 11) is 0. The summed E-state index contributed by atoms with van der Waals surface area (Å²) in [6.07, 6.45) is -0.246. The lowest BCUT2D eigenvalue weighted by molar-refractivity contribution is -0.202. The molecule has 7 rings (SSSR count). The molecule has 0 saturated carbocycles. The molecule has 16 heteroatoms. The third-order valence-corrected chi connectivity index (χ3v) is 12.1. The first-order chi connectivity index (χ1) is 32.3. The number of carboxylic acids is 2. The third kappa shape index (κ3) is 12.8. The molecule has 0 spiro atoms. The molecular formula is C52H59N3O13. The van der Waals surface area contributed by atoms with E-state index < -0.39 is 71.5 Å². The van der Waals surface area contributed by atoms with E-state index in [1.165, 1.54) is 13.8 Å². The monoisotopic (exact) mass is 933 g/mol. The van der Waals surface area contributed by atoms with Crippen LogP contribution in [-0.4, -0.2) is 88.1 Å². The molecule has 1 heterocycles. The van der Waals surface area contributed by atoms with Crippen molar-refractivity contribution < 1.29 is 62.9 Å². The fourth-order valence-corrected chi connectivity index (χ4v) is 8.13. The first kappa shape index (κ1) is 51.8. The molecule has 1 aliphatic heterocycles. The van der Waals surface area contributed by atoms with Gasteiger partial charge in [0.25, 0.3) is 11.8 Å². The highest BCUT2D eigenvalue weighted by Gasteiger charge is 2.38. The second-order valence-corrected chi connectivity index (χ2v) is 17.6. The van der Waals surface area contributed by atoms with Crippen LogP contribution in [0.2, 0.25) is 0 Å². The molecule has 1 fully saturated rings. The molecule has 3 amide bonds. The van der Waals surface area contributed by atoms with Crippen LogP contribution in [0, 0.1) is 23.7 Å². The van der Waals surface area contributed by atoms with Gasteiger partial charge in [-0.05, 0) is 70.2 Å². The number of esters is 2. The van der Waals surface area contributed by atoms with Crippen LogP contribution in [0.4, 0.5) is 0 Å². The fourth-order valence-electron chi connectivity index (χ4n) is 8.13. The maximum atomic E-state index is 12.6. The predicted octanol–water partition coefficient (Wildman–Crippen LogP) is 6.62. The minimum Gasteiger partial charge on any atom is -0.480 e. The maximum absolute atomic E-state index is 12.6. The van der Waals surface area contributed by atoms with E-state index in [1.807, 2.05) is 86.6 Å². The van der Waals surface area contributed by atoms with Gasteiger partial charge < -0.3 is 35.6 Å². The fraction of sp³-hybridized carbons (Fsp3) is 0.385. The Morgan fingerprint density at radius 3 is 1.25 bits per heavy atom. The molecule has 360 valence electrons. The van der Waals surface area contributed by atoms with E-state index in [9.17, 15) is 38.4 Å². The van der Waals surface area contributed by atoms with E-state index in [-0.39, 0.29) is 62.6 Å². The zero-order chi connectivity index (χ0) is 49.8. The highest BCUT2D eigenvalue weighted by Crippen LogP contribution is 2.46. The van der Waals surface area contributed by atoms with Gasteiger partial charge in [0, 0.05) is 24.7 Å². The zero-order valence-electron chi connectivity index (χ0n) is 39.0. The number of amides is 3. The summed E-state index contributed by atoms with van der Waals surface area (Å²) in [6, 6.07) is 30.5. The first-order valence-electron chi connectivity index (χ1n) is 22.6. The second kappa shape index (κ2) is 23.5. The molecule has 2 aliphatic carbocycles. The number of aliphatic carboxylic acids is 2. The molecule has 0 unspecified atom stereocenters. The topological polar surface area (TPSA) is 246 Å². The smallest absolute Gasteiger partial charge is 0.337 e. The van der Waals surface area contributed by atoms with Crippen molar-refractivity contribution in [3.05, 3.63) is 119 Å². The average molecular weight is 934 g/mol. The molecule has 3 aliphatic rings. The Morgan fingerprint density at radius 1 is 0.588 bits per heavy atom. The Hall–Kier alpha value is -7.20. The van der Waals surface area contributed by atoms with E-state index in [4.69, 9.17) is 30.3 Å². The number of benzene rings is 4. The van der Waals surface area contributed by atoms with Crippen LogP contribution in [0.5, 0.6) is 0 Å². The van der Waals surface area contributed by atoms with E-state index in [1.54, 1.807) is 13.8 Å². The highest BCUT2D eigenvalue weighted by molar-refractivity contribution is 6.01. The molecule has 1 saturated heterocycles. The second-order valence-electron chi connectivity index (χ2n) is 17.6. The lowest BCUT2D eigenvalue weighted by Crippen LogP contribution is -2.43. The van der Waals surface area contributed by atoms with Crippen molar-refractivity contribution in [3.8, 4) is 22.3 Å². The summed E-state index contributed by atoms with van der Waals surface area (Å²) in [5.41, 5.74) is 13.9. The molecule has 0 aromatic heterocycles. The van der Waals surface area contributed by atoms with Gasteiger partial charge in [-0.2, -0.15) is 0 Å². The quantitative estimate of drug-likeness (QED) is 0.0681. The van der Waals surface area contributed by atoms with Crippen molar-refractivity contribution in [1.29, 1.82) is 0 Å². The standard InChI is InChI=1S/C25H25NO6.C24H27NO5.C3H7NO2/c1-15(2)20(25(30)32-26-22(27)11-12-23(26)28)13-24(29)31-14-21-18-9-5-3-7-16(18)17-8-4-6-10-19(17)21;1-14(2)20(23(27)25-15(3)24(28)29)12-22(26)30-13-21-18-10-6-4-8-16(18)17-9-5-7-11-19(17)21;1-2(4)3(5)6/h3-10,15,20-21H,11-14H2,1-2H3;4-11,14-15,20-21H,12-13H2,1-3H3,(H,25,27)(H,28,29);2H,4H2,1H3,(H,5,6)/t20-;15-,20-;2-/m000/s1. The Labute approximate surface area is 395 Å². The van der Waals surface area contributed by atoms with E-state index in [0.717, 1.165) is 44.5 Å². The van der Waals surface area contributed by atoms with Crippen molar-refractivity contribution in [2.75, 3.05) is 13.2 Å². The van der Waals surface area contributed by atoms with Crippen molar-refractivity contribution in [3.63, 3.8) is 0 Å². The van der Waals surface area contributed by atoms with Crippen LogP contribution in [0.1, 0.15) is 101 Å². The summed E-state index contributed by atoms with van der Waals surface area (Å²) in [4.78, 5) is 99.2. The number of rotatable bonds is 16. The van der Waals surface area contributed by atoms with E-state index >= 15 is 0 Å². The molecule has 4 atom stereocenters. The van der Waals surface area contributed by atoms with Gasteiger partial charge in [-0.25, -0.2) is 4.79 Å². The maximum Gasteiger partial charge on any atom is 0.337 e. The molecule has 68 heavy (non-hydrogen) atoms. The number of nitrogens with two attached hydrogens (primary N) is 1. The number of carbonyl (C=O) groups is 8. The minimum atomic E-state index is -1.12. The number of ether oxygens (including phenoxy) is 2. The van der Waals surface area contributed by atoms with Crippen molar-refractivity contribution >= 4 is 47.6 Å². The van der Waals surface area contributed by atoms with Crippen LogP contribution in [-0.2, 0) is 52.7 Å². The Morgan fingerprint density at radius 2 is 0.926 bits per heavy atom. The number of carbonyl (C=O) groups excluding carboxylic acids is 6. The normalized spacial score (nSPS) is 15.2. The van der Waals surface area contributed by atoms with Gasteiger partial charge >= 0.3 is 29.8 Å². The van der Waals surface area contributed by atoms with Gasteiger partial charge in [-0.3, -0.25) is 33.6 Å². The SMILES string of the molecule is CC(C)[C@H](CC(=O)OCC1c2ccccc2-c2ccccc21)C(=O)N[C@@H](C)C(=O)O.CC(C)[C@H](CC(=O)OCC1c2ccccc2-c2ccccc21)C(=O)ON1C(=O)CCC1=O.C[C@H](N)C(=O)O. The lowest BCUT2D eigenvalue weighted by Gasteiger charge is -2.21. The molecule has 4 aromatic carbocycles. The molecule has 0 bridgehead atoms. The van der Waals surface area contributed by atoms with Crippen LogP contribution in [0.25, 0.3) is 22.3 Å². The van der Waals surface area contributed by atoms with Gasteiger partial charge in [0.05, 0.1) is 24.7 Å². The molecular weight excluding hydrogens is 875 g/mol. The average Bonchev–Trinajstić information content (AvgIpc) is 3.93. The van der Waals surface area contributed by atoms with Crippen molar-refractivity contribution in [1.82, 2.24) is 10.4 Å². The highest BCUT2D eigenvalue weighted by atomic mass is 16.7. The number of hydroxylamine groups is 2. The number of hydrogen-bond acceptors (Lipinski definition) is 12. The minimum absolute atomic E-state index is 0.0187. The molecule has 0 radical (unpaired) electrons. The third-order valence-electron chi connectivity index (χ3n) is 12.1. The van der Waals surface area contributed by atoms with Crippen LogP contribution < -0.4 is 11.1 Å². The molecule has 4 aromatic rings. The number of hydrogen-bond donors (Lipinski definition) is 4. The summed E-state index contributed by atoms with van der Waals surface area (Å²) < 4.78 is 11.2. The summed E-state index contributed by atoms with van der Waals surface area (Å²) in [6.45, 7) is 10.4. The van der Waals surface area contributed by atoms with Crippen LogP contribution in [0.3, 0.4) is 0 Å². The van der Waals surface area contributed by atoms with Crippen molar-refractivity contribution in [2.24, 2.45) is 29.4 Å². The number of carboxylic acid groups (broad SMARTS) is 2. The largest absolute Gasteiger partial charge is 0.480 e. The Bertz CT molecular complexity index is 2410. The first-order valence-corrected chi connectivity index (χ1v) is 22.6. The Kier molecular flexibility index (Phi) is 17.9. The molecule has 16 nitrogen and oxygen atoms in total. The van der Waals surface area contributed by atoms with Gasteiger partial charge in [-0.15, -0.1) is 5.06 Å². The summed E-state index contributed by atoms with van der Waals surface area (Å²) >= 11 is 0. The van der Waals surface area contributed by atoms with Crippen LogP contribution in [0.15, 0.2) is 97.1 Å². The van der Waals surface area contributed by atoms with Gasteiger partial charge in [-0.1, -0.05) is 125 Å². The van der Waals surface area contributed by atoms with E-state index in [2.05, 4.69) is 29.6 Å². The van der Waals surface area contributed by atoms with Crippen LogP contribution >= 0.6 is 0 Å².